The molecule has 1 heterocycles. The van der Waals surface area contributed by atoms with E-state index in [0.717, 1.165) is 0 Å². The summed E-state index contributed by atoms with van der Waals surface area (Å²) in [6.45, 7) is 0. The summed E-state index contributed by atoms with van der Waals surface area (Å²) in [4.78, 5) is 12.2. The molecular formula is C17H14O5. The van der Waals surface area contributed by atoms with Crippen molar-refractivity contribution < 1.29 is 19.0 Å². The van der Waals surface area contributed by atoms with Crippen LogP contribution in [0.25, 0.3) is 22.3 Å². The van der Waals surface area contributed by atoms with Crippen LogP contribution in [0.5, 0.6) is 17.2 Å². The Labute approximate surface area is 126 Å². The second-order valence-corrected chi connectivity index (χ2v) is 4.69. The maximum Gasteiger partial charge on any atom is 0.197 e. The number of hydrogen-bond acceptors (Lipinski definition) is 5. The smallest absolute Gasteiger partial charge is 0.197 e. The van der Waals surface area contributed by atoms with Crippen LogP contribution in [0.4, 0.5) is 0 Å². The molecule has 0 spiro atoms. The van der Waals surface area contributed by atoms with Crippen molar-refractivity contribution in [3.05, 3.63) is 52.7 Å². The molecule has 0 atom stereocenters. The highest BCUT2D eigenvalue weighted by Crippen LogP contribution is 2.33. The number of phenolic OH excluding ortho intramolecular Hbond substituents is 1. The van der Waals surface area contributed by atoms with Gasteiger partial charge < -0.3 is 19.0 Å². The Morgan fingerprint density at radius 3 is 2.50 bits per heavy atom. The van der Waals surface area contributed by atoms with E-state index in [0.29, 0.717) is 28.4 Å². The molecule has 0 radical (unpaired) electrons. The minimum Gasteiger partial charge on any atom is -0.507 e. The number of fused-ring (bicyclic) bond motifs is 1. The molecule has 22 heavy (non-hydrogen) atoms. The monoisotopic (exact) mass is 298 g/mol. The number of hydrogen-bond donors (Lipinski definition) is 1. The fourth-order valence-electron chi connectivity index (χ4n) is 2.32. The van der Waals surface area contributed by atoms with Crippen LogP contribution in [-0.4, -0.2) is 19.3 Å². The third kappa shape index (κ3) is 2.26. The summed E-state index contributed by atoms with van der Waals surface area (Å²) < 4.78 is 16.2. The van der Waals surface area contributed by atoms with Crippen molar-refractivity contribution in [3.8, 4) is 28.6 Å². The Morgan fingerprint density at radius 1 is 1.00 bits per heavy atom. The lowest BCUT2D eigenvalue weighted by Crippen LogP contribution is -2.00. The molecule has 0 aliphatic heterocycles. The molecule has 3 aromatic rings. The number of phenols is 1. The van der Waals surface area contributed by atoms with Gasteiger partial charge >= 0.3 is 0 Å². The van der Waals surface area contributed by atoms with Crippen molar-refractivity contribution >= 4 is 11.0 Å². The van der Waals surface area contributed by atoms with Gasteiger partial charge in [-0.2, -0.15) is 0 Å². The third-order valence-corrected chi connectivity index (χ3v) is 3.40. The average Bonchev–Trinajstić information content (AvgIpc) is 2.53. The van der Waals surface area contributed by atoms with E-state index in [1.165, 1.54) is 19.2 Å². The van der Waals surface area contributed by atoms with Gasteiger partial charge in [-0.3, -0.25) is 4.79 Å². The molecule has 0 saturated carbocycles. The SMILES string of the molecule is COc1ccc(-c2cc(=O)c3c(O)cccc3o2)cc1OC. The van der Waals surface area contributed by atoms with Crippen LogP contribution in [0.15, 0.2) is 51.7 Å². The Morgan fingerprint density at radius 2 is 1.77 bits per heavy atom. The number of aromatic hydroxyl groups is 1. The summed E-state index contributed by atoms with van der Waals surface area (Å²) in [5.41, 5.74) is 0.710. The van der Waals surface area contributed by atoms with Crippen molar-refractivity contribution in [2.75, 3.05) is 14.2 Å². The van der Waals surface area contributed by atoms with Crippen molar-refractivity contribution in [2.24, 2.45) is 0 Å². The molecule has 0 aliphatic rings. The number of ether oxygens (including phenoxy) is 2. The van der Waals surface area contributed by atoms with Crippen molar-refractivity contribution in [1.29, 1.82) is 0 Å². The zero-order chi connectivity index (χ0) is 15.7. The van der Waals surface area contributed by atoms with Gasteiger partial charge in [-0.05, 0) is 30.3 Å². The molecule has 112 valence electrons. The zero-order valence-corrected chi connectivity index (χ0v) is 12.1. The molecule has 0 amide bonds. The van der Waals surface area contributed by atoms with Gasteiger partial charge in [0.2, 0.25) is 0 Å². The molecule has 0 saturated heterocycles. The molecule has 0 bridgehead atoms. The van der Waals surface area contributed by atoms with E-state index in [1.54, 1.807) is 37.4 Å². The van der Waals surface area contributed by atoms with E-state index in [1.807, 2.05) is 0 Å². The van der Waals surface area contributed by atoms with Crippen LogP contribution in [0.3, 0.4) is 0 Å². The van der Waals surface area contributed by atoms with Crippen LogP contribution in [0, 0.1) is 0 Å². The largest absolute Gasteiger partial charge is 0.507 e. The van der Waals surface area contributed by atoms with Crippen LogP contribution < -0.4 is 14.9 Å². The maximum absolute atomic E-state index is 12.2. The Kier molecular flexibility index (Phi) is 3.47. The van der Waals surface area contributed by atoms with E-state index in [-0.39, 0.29) is 16.6 Å². The molecule has 5 nitrogen and oxygen atoms in total. The van der Waals surface area contributed by atoms with Crippen LogP contribution in [-0.2, 0) is 0 Å². The van der Waals surface area contributed by atoms with Gasteiger partial charge in [-0.15, -0.1) is 0 Å². The van der Waals surface area contributed by atoms with Gasteiger partial charge in [-0.1, -0.05) is 6.07 Å². The standard InChI is InChI=1S/C17H14O5/c1-20-13-7-6-10(8-16(13)21-2)15-9-12(19)17-11(18)4-3-5-14(17)22-15/h3-9,18H,1-2H3. The molecule has 2 aromatic carbocycles. The summed E-state index contributed by atoms with van der Waals surface area (Å²) in [5, 5.41) is 9.94. The molecule has 5 heteroatoms. The number of rotatable bonds is 3. The predicted octanol–water partition coefficient (Wildman–Crippen LogP) is 3.18. The zero-order valence-electron chi connectivity index (χ0n) is 12.1. The second kappa shape index (κ2) is 5.44. The molecule has 1 aromatic heterocycles. The van der Waals surface area contributed by atoms with Crippen LogP contribution in [0.1, 0.15) is 0 Å². The lowest BCUT2D eigenvalue weighted by molar-refractivity contribution is 0.355. The highest BCUT2D eigenvalue weighted by Gasteiger charge is 2.12. The quantitative estimate of drug-likeness (QED) is 0.804. The first kappa shape index (κ1) is 14.0. The second-order valence-electron chi connectivity index (χ2n) is 4.69. The van der Waals surface area contributed by atoms with Gasteiger partial charge in [0.25, 0.3) is 0 Å². The summed E-state index contributed by atoms with van der Waals surface area (Å²) in [5.74, 6) is 1.43. The predicted molar refractivity (Wildman–Crippen MR) is 82.7 cm³/mol. The van der Waals surface area contributed by atoms with Gasteiger partial charge in [0.1, 0.15) is 22.5 Å². The molecule has 0 fully saturated rings. The van der Waals surface area contributed by atoms with Crippen molar-refractivity contribution in [2.45, 2.75) is 0 Å². The van der Waals surface area contributed by atoms with Crippen LogP contribution >= 0.6 is 0 Å². The van der Waals surface area contributed by atoms with Crippen molar-refractivity contribution in [3.63, 3.8) is 0 Å². The first-order chi connectivity index (χ1) is 10.6. The summed E-state index contributed by atoms with van der Waals surface area (Å²) in [6, 6.07) is 11.3. The van der Waals surface area contributed by atoms with E-state index < -0.39 is 0 Å². The maximum atomic E-state index is 12.2. The highest BCUT2D eigenvalue weighted by molar-refractivity contribution is 5.84. The first-order valence-corrected chi connectivity index (χ1v) is 6.62. The topological polar surface area (TPSA) is 68.9 Å². The normalized spacial score (nSPS) is 10.6. The molecule has 0 unspecified atom stereocenters. The molecular weight excluding hydrogens is 284 g/mol. The van der Waals surface area contributed by atoms with E-state index in [9.17, 15) is 9.90 Å². The minimum atomic E-state index is -0.302. The van der Waals surface area contributed by atoms with Gasteiger partial charge in [0.05, 0.1) is 14.2 Å². The minimum absolute atomic E-state index is 0.0925. The van der Waals surface area contributed by atoms with E-state index in [4.69, 9.17) is 13.9 Å². The molecule has 1 N–H and O–H groups in total. The Bertz CT molecular complexity index is 895. The Hall–Kier alpha value is -2.95. The summed E-state index contributed by atoms with van der Waals surface area (Å²) in [7, 11) is 3.09. The fraction of sp³-hybridized carbons (Fsp3) is 0.118. The summed E-state index contributed by atoms with van der Waals surface area (Å²) in [6.07, 6.45) is 0. The Balaban J connectivity index is 2.21. The van der Waals surface area contributed by atoms with Gasteiger partial charge in [0, 0.05) is 11.6 Å². The number of benzene rings is 2. The lowest BCUT2D eigenvalue weighted by atomic mass is 10.1. The van der Waals surface area contributed by atoms with Gasteiger partial charge in [0.15, 0.2) is 16.9 Å². The van der Waals surface area contributed by atoms with Gasteiger partial charge in [-0.25, -0.2) is 0 Å². The molecule has 0 aliphatic carbocycles. The highest BCUT2D eigenvalue weighted by atomic mass is 16.5. The lowest BCUT2D eigenvalue weighted by Gasteiger charge is -2.09. The third-order valence-electron chi connectivity index (χ3n) is 3.40. The van der Waals surface area contributed by atoms with E-state index in [2.05, 4.69) is 0 Å². The first-order valence-electron chi connectivity index (χ1n) is 6.62. The van der Waals surface area contributed by atoms with E-state index >= 15 is 0 Å². The van der Waals surface area contributed by atoms with Crippen molar-refractivity contribution in [1.82, 2.24) is 0 Å². The number of methoxy groups -OCH3 is 2. The molecule has 3 rings (SSSR count). The average molecular weight is 298 g/mol. The van der Waals surface area contributed by atoms with Crippen LogP contribution in [0.2, 0.25) is 0 Å². The summed E-state index contributed by atoms with van der Waals surface area (Å²) >= 11 is 0. The fourth-order valence-corrected chi connectivity index (χ4v) is 2.32.